The lowest BCUT2D eigenvalue weighted by Crippen LogP contribution is -2.09. The first-order valence-electron chi connectivity index (χ1n) is 9.73. The van der Waals surface area contributed by atoms with Crippen LogP contribution in [0.5, 0.6) is 28.7 Å². The third-order valence-electron chi connectivity index (χ3n) is 4.90. The van der Waals surface area contributed by atoms with Crippen molar-refractivity contribution < 1.29 is 36.3 Å². The van der Waals surface area contributed by atoms with Crippen molar-refractivity contribution in [1.82, 2.24) is 0 Å². The molecule has 3 aromatic rings. The molecular weight excluding hydrogens is 448 g/mol. The molecule has 3 aromatic carbocycles. The van der Waals surface area contributed by atoms with Crippen LogP contribution in [-0.2, 0) is 10.1 Å². The summed E-state index contributed by atoms with van der Waals surface area (Å²) < 4.78 is 51.6. The fourth-order valence-corrected chi connectivity index (χ4v) is 4.15. The molecule has 0 saturated carbocycles. The second kappa shape index (κ2) is 8.87. The number of ether oxygens (including phenoxy) is 4. The topological polar surface area (TPSA) is 97.4 Å². The van der Waals surface area contributed by atoms with Crippen LogP contribution in [0.3, 0.4) is 0 Å². The highest BCUT2D eigenvalue weighted by molar-refractivity contribution is 7.87. The lowest BCUT2D eigenvalue weighted by molar-refractivity contribution is 0.101. The second-order valence-corrected chi connectivity index (χ2v) is 8.47. The van der Waals surface area contributed by atoms with Gasteiger partial charge in [0.2, 0.25) is 5.78 Å². The molecule has 0 radical (unpaired) electrons. The van der Waals surface area contributed by atoms with Gasteiger partial charge in [-0.05, 0) is 60.2 Å². The molecule has 0 N–H and O–H groups in total. The van der Waals surface area contributed by atoms with Gasteiger partial charge in [0.25, 0.3) is 0 Å². The molecule has 170 valence electrons. The number of ketones is 1. The average molecular weight is 468 g/mol. The van der Waals surface area contributed by atoms with Crippen LogP contribution in [0.1, 0.15) is 15.9 Å². The van der Waals surface area contributed by atoms with E-state index in [0.29, 0.717) is 28.4 Å². The lowest BCUT2D eigenvalue weighted by Gasteiger charge is -2.08. The van der Waals surface area contributed by atoms with Gasteiger partial charge in [-0.15, -0.1) is 0 Å². The van der Waals surface area contributed by atoms with Gasteiger partial charge in [-0.3, -0.25) is 4.79 Å². The predicted molar refractivity (Wildman–Crippen MR) is 120 cm³/mol. The number of allylic oxidation sites excluding steroid dienone is 1. The SMILES string of the molecule is COc1ccc(S(=O)(=O)Oc2ccc3c(c2)OC(=Cc2ccc(OC)c(OC)c2)C3=O)cc1. The molecule has 0 atom stereocenters. The number of methoxy groups -OCH3 is 3. The van der Waals surface area contributed by atoms with Crippen LogP contribution in [0, 0.1) is 0 Å². The fraction of sp³-hybridized carbons (Fsp3) is 0.125. The van der Waals surface area contributed by atoms with Gasteiger partial charge in [-0.1, -0.05) is 6.07 Å². The summed E-state index contributed by atoms with van der Waals surface area (Å²) in [5.41, 5.74) is 0.971. The molecular formula is C24H20O8S. The van der Waals surface area contributed by atoms with Crippen LogP contribution in [0.25, 0.3) is 6.08 Å². The normalized spacial score (nSPS) is 13.9. The molecule has 4 rings (SSSR count). The number of rotatable bonds is 7. The number of carbonyl (C=O) groups is 1. The maximum Gasteiger partial charge on any atom is 0.339 e. The quantitative estimate of drug-likeness (QED) is 0.378. The highest BCUT2D eigenvalue weighted by Crippen LogP contribution is 2.36. The molecule has 0 aromatic heterocycles. The Labute approximate surface area is 191 Å². The van der Waals surface area contributed by atoms with Gasteiger partial charge in [-0.2, -0.15) is 8.42 Å². The van der Waals surface area contributed by atoms with Crippen LogP contribution >= 0.6 is 0 Å². The van der Waals surface area contributed by atoms with E-state index >= 15 is 0 Å². The van der Waals surface area contributed by atoms with E-state index in [2.05, 4.69) is 0 Å². The van der Waals surface area contributed by atoms with E-state index in [0.717, 1.165) is 0 Å². The average Bonchev–Trinajstić information content (AvgIpc) is 3.13. The van der Waals surface area contributed by atoms with Crippen LogP contribution in [0.2, 0.25) is 0 Å². The Morgan fingerprint density at radius 1 is 0.788 bits per heavy atom. The molecule has 0 aliphatic carbocycles. The summed E-state index contributed by atoms with van der Waals surface area (Å²) in [6.07, 6.45) is 1.57. The molecule has 0 saturated heterocycles. The molecule has 8 nitrogen and oxygen atoms in total. The highest BCUT2D eigenvalue weighted by Gasteiger charge is 2.29. The molecule has 9 heteroatoms. The van der Waals surface area contributed by atoms with Gasteiger partial charge in [0.1, 0.15) is 22.1 Å². The summed E-state index contributed by atoms with van der Waals surface area (Å²) in [5, 5.41) is 0. The van der Waals surface area contributed by atoms with E-state index in [9.17, 15) is 13.2 Å². The zero-order valence-corrected chi connectivity index (χ0v) is 18.8. The summed E-state index contributed by atoms with van der Waals surface area (Å²) in [6, 6.07) is 15.2. The van der Waals surface area contributed by atoms with Crippen LogP contribution in [-0.4, -0.2) is 35.5 Å². The van der Waals surface area contributed by atoms with Crippen LogP contribution in [0.15, 0.2) is 71.3 Å². The third kappa shape index (κ3) is 4.49. The van der Waals surface area contributed by atoms with Gasteiger partial charge in [0, 0.05) is 6.07 Å². The van der Waals surface area contributed by atoms with Crippen molar-refractivity contribution in [3.8, 4) is 28.7 Å². The Kier molecular flexibility index (Phi) is 5.97. The van der Waals surface area contributed by atoms with Gasteiger partial charge in [0.15, 0.2) is 17.3 Å². The summed E-state index contributed by atoms with van der Waals surface area (Å²) in [4.78, 5) is 12.7. The fourth-order valence-electron chi connectivity index (χ4n) is 3.23. The van der Waals surface area contributed by atoms with E-state index in [1.807, 2.05) is 0 Å². The van der Waals surface area contributed by atoms with E-state index in [1.165, 1.54) is 63.8 Å². The number of benzene rings is 3. The van der Waals surface area contributed by atoms with E-state index in [1.54, 1.807) is 24.3 Å². The predicted octanol–water partition coefficient (Wildman–Crippen LogP) is 4.10. The molecule has 0 amide bonds. The zero-order valence-electron chi connectivity index (χ0n) is 18.0. The number of carbonyl (C=O) groups excluding carboxylic acids is 1. The molecule has 0 bridgehead atoms. The van der Waals surface area contributed by atoms with E-state index in [-0.39, 0.29) is 27.9 Å². The van der Waals surface area contributed by atoms with Crippen molar-refractivity contribution >= 4 is 22.0 Å². The van der Waals surface area contributed by atoms with Crippen molar-refractivity contribution in [2.75, 3.05) is 21.3 Å². The minimum atomic E-state index is -4.08. The minimum Gasteiger partial charge on any atom is -0.497 e. The maximum atomic E-state index is 12.7. The summed E-state index contributed by atoms with van der Waals surface area (Å²) in [5.74, 6) is 1.57. The van der Waals surface area contributed by atoms with Gasteiger partial charge < -0.3 is 23.1 Å². The smallest absolute Gasteiger partial charge is 0.339 e. The van der Waals surface area contributed by atoms with Gasteiger partial charge in [-0.25, -0.2) is 0 Å². The third-order valence-corrected chi connectivity index (χ3v) is 6.16. The molecule has 0 unspecified atom stereocenters. The first-order chi connectivity index (χ1) is 15.8. The monoisotopic (exact) mass is 468 g/mol. The largest absolute Gasteiger partial charge is 0.497 e. The first-order valence-corrected chi connectivity index (χ1v) is 11.1. The van der Waals surface area contributed by atoms with E-state index < -0.39 is 10.1 Å². The Balaban J connectivity index is 1.57. The Hall–Kier alpha value is -3.98. The molecule has 1 aliphatic rings. The maximum absolute atomic E-state index is 12.7. The number of Topliss-reactive ketones (excluding diaryl/α,β-unsaturated/α-hetero) is 1. The Morgan fingerprint density at radius 3 is 2.15 bits per heavy atom. The molecule has 1 heterocycles. The van der Waals surface area contributed by atoms with Crippen molar-refractivity contribution in [3.63, 3.8) is 0 Å². The van der Waals surface area contributed by atoms with Crippen molar-refractivity contribution in [3.05, 3.63) is 77.5 Å². The second-order valence-electron chi connectivity index (χ2n) is 6.93. The highest BCUT2D eigenvalue weighted by atomic mass is 32.2. The zero-order chi connectivity index (χ0) is 23.6. The van der Waals surface area contributed by atoms with Crippen molar-refractivity contribution in [2.24, 2.45) is 0 Å². The standard InChI is InChI=1S/C24H20O8S/c1-28-16-5-8-18(9-6-16)33(26,27)32-17-7-10-19-21(14-17)31-23(24(19)25)13-15-4-11-20(29-2)22(12-15)30-3/h4-14H,1-3H3. The van der Waals surface area contributed by atoms with Crippen molar-refractivity contribution in [2.45, 2.75) is 4.90 Å². The summed E-state index contributed by atoms with van der Waals surface area (Å²) in [7, 11) is 0.453. The Morgan fingerprint density at radius 2 is 1.48 bits per heavy atom. The number of fused-ring (bicyclic) bond motifs is 1. The van der Waals surface area contributed by atoms with E-state index in [4.69, 9.17) is 23.1 Å². The minimum absolute atomic E-state index is 0.0183. The molecule has 33 heavy (non-hydrogen) atoms. The van der Waals surface area contributed by atoms with Crippen LogP contribution in [0.4, 0.5) is 0 Å². The first kappa shape index (κ1) is 22.2. The summed E-state index contributed by atoms with van der Waals surface area (Å²) in [6.45, 7) is 0. The number of hydrogen-bond donors (Lipinski definition) is 0. The summed E-state index contributed by atoms with van der Waals surface area (Å²) >= 11 is 0. The lowest BCUT2D eigenvalue weighted by atomic mass is 10.1. The van der Waals surface area contributed by atoms with Gasteiger partial charge in [0.05, 0.1) is 26.9 Å². The van der Waals surface area contributed by atoms with Crippen molar-refractivity contribution in [1.29, 1.82) is 0 Å². The Bertz CT molecular complexity index is 1340. The molecule has 0 spiro atoms. The number of hydrogen-bond acceptors (Lipinski definition) is 8. The van der Waals surface area contributed by atoms with Crippen LogP contribution < -0.4 is 23.1 Å². The molecule has 0 fully saturated rings. The molecule has 1 aliphatic heterocycles. The van der Waals surface area contributed by atoms with Gasteiger partial charge >= 0.3 is 10.1 Å².